The van der Waals surface area contributed by atoms with Crippen molar-refractivity contribution in [1.29, 1.82) is 0 Å². The highest BCUT2D eigenvalue weighted by molar-refractivity contribution is 5.88. The first kappa shape index (κ1) is 13.9. The zero-order valence-corrected chi connectivity index (χ0v) is 10.6. The molecule has 1 aromatic heterocycles. The Morgan fingerprint density at radius 1 is 1.33 bits per heavy atom. The molecule has 0 aromatic carbocycles. The van der Waals surface area contributed by atoms with Crippen molar-refractivity contribution in [2.75, 3.05) is 14.2 Å². The maximum atomic E-state index is 11.3. The first-order valence-corrected chi connectivity index (χ1v) is 5.36. The molecule has 1 heterocycles. The SMILES string of the molecule is COC(=O)CC=Cc1cnc(C(=O)OC)c(C)c1. The summed E-state index contributed by atoms with van der Waals surface area (Å²) in [6.45, 7) is 1.77. The first-order chi connectivity index (χ1) is 8.58. The van der Waals surface area contributed by atoms with E-state index in [1.165, 1.54) is 14.2 Å². The Labute approximate surface area is 105 Å². The van der Waals surface area contributed by atoms with Gasteiger partial charge in [0.2, 0.25) is 0 Å². The molecule has 0 spiro atoms. The molecule has 1 aromatic rings. The predicted molar refractivity (Wildman–Crippen MR) is 66.0 cm³/mol. The Balaban J connectivity index is 2.78. The Morgan fingerprint density at radius 3 is 2.61 bits per heavy atom. The third-order valence-corrected chi connectivity index (χ3v) is 2.30. The van der Waals surface area contributed by atoms with Gasteiger partial charge in [0.25, 0.3) is 0 Å². The van der Waals surface area contributed by atoms with Gasteiger partial charge in [0.15, 0.2) is 5.69 Å². The van der Waals surface area contributed by atoms with Gasteiger partial charge in [0.1, 0.15) is 0 Å². The van der Waals surface area contributed by atoms with Crippen LogP contribution >= 0.6 is 0 Å². The smallest absolute Gasteiger partial charge is 0.356 e. The van der Waals surface area contributed by atoms with Crippen molar-refractivity contribution in [2.24, 2.45) is 0 Å². The molecule has 0 fully saturated rings. The second kappa shape index (κ2) is 6.54. The molecule has 5 nitrogen and oxygen atoms in total. The second-order valence-electron chi connectivity index (χ2n) is 3.61. The van der Waals surface area contributed by atoms with Crippen molar-refractivity contribution in [3.63, 3.8) is 0 Å². The third-order valence-electron chi connectivity index (χ3n) is 2.30. The highest BCUT2D eigenvalue weighted by atomic mass is 16.5. The fourth-order valence-electron chi connectivity index (χ4n) is 1.37. The molecule has 0 unspecified atom stereocenters. The number of carbonyl (C=O) groups excluding carboxylic acids is 2. The number of nitrogens with zero attached hydrogens (tertiary/aromatic N) is 1. The summed E-state index contributed by atoms with van der Waals surface area (Å²) in [5.74, 6) is -0.764. The third kappa shape index (κ3) is 3.69. The van der Waals surface area contributed by atoms with Crippen LogP contribution in [0.4, 0.5) is 0 Å². The topological polar surface area (TPSA) is 65.5 Å². The lowest BCUT2D eigenvalue weighted by Crippen LogP contribution is -2.06. The van der Waals surface area contributed by atoms with Gasteiger partial charge in [-0.1, -0.05) is 12.2 Å². The van der Waals surface area contributed by atoms with Gasteiger partial charge in [-0.05, 0) is 24.1 Å². The summed E-state index contributed by atoms with van der Waals surface area (Å²) in [5.41, 5.74) is 1.83. The van der Waals surface area contributed by atoms with Gasteiger partial charge in [-0.2, -0.15) is 0 Å². The van der Waals surface area contributed by atoms with E-state index in [4.69, 9.17) is 0 Å². The van der Waals surface area contributed by atoms with Gasteiger partial charge >= 0.3 is 11.9 Å². The van der Waals surface area contributed by atoms with E-state index in [9.17, 15) is 9.59 Å². The zero-order valence-electron chi connectivity index (χ0n) is 10.6. The summed E-state index contributed by atoms with van der Waals surface area (Å²) < 4.78 is 9.11. The molecule has 0 radical (unpaired) electrons. The van der Waals surface area contributed by atoms with E-state index in [-0.39, 0.29) is 12.4 Å². The summed E-state index contributed by atoms with van der Waals surface area (Å²) in [4.78, 5) is 26.2. The van der Waals surface area contributed by atoms with Crippen LogP contribution in [0.3, 0.4) is 0 Å². The molecule has 0 aliphatic heterocycles. The highest BCUT2D eigenvalue weighted by Gasteiger charge is 2.10. The van der Waals surface area contributed by atoms with Crippen molar-refractivity contribution in [3.05, 3.63) is 35.2 Å². The number of rotatable bonds is 4. The number of hydrogen-bond donors (Lipinski definition) is 0. The second-order valence-corrected chi connectivity index (χ2v) is 3.61. The Morgan fingerprint density at radius 2 is 2.06 bits per heavy atom. The largest absolute Gasteiger partial charge is 0.469 e. The number of hydrogen-bond acceptors (Lipinski definition) is 5. The Bertz CT molecular complexity index is 480. The Kier molecular flexibility index (Phi) is 5.05. The van der Waals surface area contributed by atoms with E-state index in [2.05, 4.69) is 14.5 Å². The molecule has 0 bridgehead atoms. The maximum absolute atomic E-state index is 11.3. The highest BCUT2D eigenvalue weighted by Crippen LogP contribution is 2.10. The van der Waals surface area contributed by atoms with E-state index in [0.29, 0.717) is 5.69 Å². The number of carbonyl (C=O) groups is 2. The predicted octanol–water partition coefficient (Wildman–Crippen LogP) is 1.75. The molecule has 1 rings (SSSR count). The van der Waals surface area contributed by atoms with Crippen LogP contribution in [0, 0.1) is 6.92 Å². The first-order valence-electron chi connectivity index (χ1n) is 5.36. The summed E-state index contributed by atoms with van der Waals surface area (Å²) >= 11 is 0. The van der Waals surface area contributed by atoms with Crippen LogP contribution in [0.2, 0.25) is 0 Å². The van der Waals surface area contributed by atoms with Gasteiger partial charge in [-0.15, -0.1) is 0 Å². The van der Waals surface area contributed by atoms with Gasteiger partial charge in [0.05, 0.1) is 20.6 Å². The fourth-order valence-corrected chi connectivity index (χ4v) is 1.37. The molecule has 0 amide bonds. The van der Waals surface area contributed by atoms with Gasteiger partial charge in [-0.3, -0.25) is 4.79 Å². The molecule has 0 saturated heterocycles. The summed E-state index contributed by atoms with van der Waals surface area (Å²) in [6.07, 6.45) is 5.18. The molecule has 0 aliphatic rings. The number of aryl methyl sites for hydroxylation is 1. The normalized spacial score (nSPS) is 10.4. The standard InChI is InChI=1S/C13H15NO4/c1-9-7-10(5-4-6-11(15)17-2)8-14-12(9)13(16)18-3/h4-5,7-8H,6H2,1-3H3. The van der Waals surface area contributed by atoms with Crippen molar-refractivity contribution in [1.82, 2.24) is 4.98 Å². The quantitative estimate of drug-likeness (QED) is 0.760. The lowest BCUT2D eigenvalue weighted by molar-refractivity contribution is -0.139. The number of methoxy groups -OCH3 is 2. The lowest BCUT2D eigenvalue weighted by Gasteiger charge is -2.03. The number of pyridine rings is 1. The molecule has 0 aliphatic carbocycles. The average molecular weight is 249 g/mol. The van der Waals surface area contributed by atoms with Crippen molar-refractivity contribution in [2.45, 2.75) is 13.3 Å². The molecular weight excluding hydrogens is 234 g/mol. The molecule has 96 valence electrons. The van der Waals surface area contributed by atoms with Gasteiger partial charge < -0.3 is 9.47 Å². The van der Waals surface area contributed by atoms with Crippen LogP contribution in [0.15, 0.2) is 18.3 Å². The van der Waals surface area contributed by atoms with Crippen LogP contribution in [-0.2, 0) is 14.3 Å². The minimum atomic E-state index is -0.461. The summed E-state index contributed by atoms with van der Waals surface area (Å²) in [6, 6.07) is 1.80. The molecule has 0 saturated carbocycles. The number of esters is 2. The van der Waals surface area contributed by atoms with Crippen molar-refractivity contribution < 1.29 is 19.1 Å². The monoisotopic (exact) mass is 249 g/mol. The van der Waals surface area contributed by atoms with E-state index in [1.54, 1.807) is 31.3 Å². The average Bonchev–Trinajstić information content (AvgIpc) is 2.37. The number of aromatic nitrogens is 1. The summed E-state index contributed by atoms with van der Waals surface area (Å²) in [7, 11) is 2.65. The van der Waals surface area contributed by atoms with Crippen LogP contribution in [0.1, 0.15) is 28.0 Å². The van der Waals surface area contributed by atoms with Crippen molar-refractivity contribution in [3.8, 4) is 0 Å². The van der Waals surface area contributed by atoms with Gasteiger partial charge in [-0.25, -0.2) is 9.78 Å². The van der Waals surface area contributed by atoms with Crippen LogP contribution in [0.25, 0.3) is 6.08 Å². The molecular formula is C13H15NO4. The number of ether oxygens (including phenoxy) is 2. The lowest BCUT2D eigenvalue weighted by atomic mass is 10.1. The van der Waals surface area contributed by atoms with Crippen LogP contribution < -0.4 is 0 Å². The minimum Gasteiger partial charge on any atom is -0.469 e. The van der Waals surface area contributed by atoms with Gasteiger partial charge in [0, 0.05) is 6.20 Å². The zero-order chi connectivity index (χ0) is 13.5. The maximum Gasteiger partial charge on any atom is 0.356 e. The summed E-state index contributed by atoms with van der Waals surface area (Å²) in [5, 5.41) is 0. The van der Waals surface area contributed by atoms with E-state index < -0.39 is 5.97 Å². The molecule has 18 heavy (non-hydrogen) atoms. The molecule has 0 atom stereocenters. The molecule has 0 N–H and O–H groups in total. The van der Waals surface area contributed by atoms with E-state index in [0.717, 1.165) is 11.1 Å². The van der Waals surface area contributed by atoms with E-state index in [1.807, 2.05) is 0 Å². The van der Waals surface area contributed by atoms with Crippen LogP contribution in [-0.4, -0.2) is 31.1 Å². The van der Waals surface area contributed by atoms with Crippen LogP contribution in [0.5, 0.6) is 0 Å². The van der Waals surface area contributed by atoms with E-state index >= 15 is 0 Å². The van der Waals surface area contributed by atoms with Crippen molar-refractivity contribution >= 4 is 18.0 Å². The fraction of sp³-hybridized carbons (Fsp3) is 0.308. The minimum absolute atomic E-state index is 0.203. The Hall–Kier alpha value is -2.17. The molecule has 5 heteroatoms.